The molecule has 0 aliphatic carbocycles. The van der Waals surface area contributed by atoms with Crippen LogP contribution in [-0.2, 0) is 13.6 Å². The Morgan fingerprint density at radius 3 is 2.77 bits per heavy atom. The average Bonchev–Trinajstić information content (AvgIpc) is 3.13. The topological polar surface area (TPSA) is 33.1 Å². The smallest absolute Gasteiger partial charge is 0.123 e. The molecular weight excluding hydrogens is 292 g/mol. The van der Waals surface area contributed by atoms with Gasteiger partial charge in [0.25, 0.3) is 0 Å². The van der Waals surface area contributed by atoms with E-state index in [2.05, 4.69) is 71.0 Å². The lowest BCUT2D eigenvalue weighted by atomic mass is 10.1. The largest absolute Gasteiger partial charge is 0.330 e. The van der Waals surface area contributed by atoms with Gasteiger partial charge in [-0.1, -0.05) is 12.1 Å². The van der Waals surface area contributed by atoms with E-state index in [1.807, 2.05) is 6.07 Å². The van der Waals surface area contributed by atoms with Crippen molar-refractivity contribution in [1.29, 1.82) is 0 Å². The highest BCUT2D eigenvalue weighted by Gasteiger charge is 2.14. The summed E-state index contributed by atoms with van der Waals surface area (Å²) < 4.78 is 2.16. The van der Waals surface area contributed by atoms with Crippen molar-refractivity contribution in [1.82, 2.24) is 19.8 Å². The zero-order valence-electron chi connectivity index (χ0n) is 13.3. The number of aryl methyl sites for hydroxylation is 1. The number of likely N-dealkylation sites (N-methyl/N-ethyl adjacent to an activating group) is 1. The summed E-state index contributed by atoms with van der Waals surface area (Å²) in [5.74, 6) is 1.07. The Hall–Kier alpha value is -1.69. The fraction of sp³-hybridized carbons (Fsp3) is 0.353. The summed E-state index contributed by atoms with van der Waals surface area (Å²) in [6.45, 7) is 1.69. The van der Waals surface area contributed by atoms with E-state index in [0.717, 1.165) is 24.4 Å². The molecule has 0 amide bonds. The maximum Gasteiger partial charge on any atom is 0.123 e. The van der Waals surface area contributed by atoms with Crippen LogP contribution in [0.15, 0.2) is 41.1 Å². The lowest BCUT2D eigenvalue weighted by Gasteiger charge is -2.24. The van der Waals surface area contributed by atoms with Crippen LogP contribution >= 0.6 is 11.3 Å². The molecule has 0 saturated carbocycles. The molecule has 0 fully saturated rings. The maximum atomic E-state index is 4.71. The van der Waals surface area contributed by atoms with Gasteiger partial charge in [0.2, 0.25) is 0 Å². The number of imidazole rings is 1. The van der Waals surface area contributed by atoms with Crippen molar-refractivity contribution in [2.75, 3.05) is 20.6 Å². The van der Waals surface area contributed by atoms with Gasteiger partial charge in [0.15, 0.2) is 0 Å². The van der Waals surface area contributed by atoms with E-state index in [1.165, 1.54) is 11.1 Å². The van der Waals surface area contributed by atoms with Crippen molar-refractivity contribution >= 4 is 22.4 Å². The lowest BCUT2D eigenvalue weighted by Crippen LogP contribution is -2.31. The van der Waals surface area contributed by atoms with Gasteiger partial charge >= 0.3 is 0 Å². The van der Waals surface area contributed by atoms with Crippen molar-refractivity contribution < 1.29 is 0 Å². The first-order valence-electron chi connectivity index (χ1n) is 7.46. The van der Waals surface area contributed by atoms with E-state index >= 15 is 0 Å². The predicted molar refractivity (Wildman–Crippen MR) is 93.2 cm³/mol. The summed E-state index contributed by atoms with van der Waals surface area (Å²) >= 11 is 1.75. The molecule has 1 atom stereocenters. The highest BCUT2D eigenvalue weighted by Crippen LogP contribution is 2.20. The summed E-state index contributed by atoms with van der Waals surface area (Å²) in [6.07, 6.45) is 0. The number of nitrogens with one attached hydrogen (secondary N) is 1. The normalized spacial score (nSPS) is 13.1. The van der Waals surface area contributed by atoms with Gasteiger partial charge in [-0.05, 0) is 48.6 Å². The number of thiophene rings is 1. The van der Waals surface area contributed by atoms with Crippen molar-refractivity contribution in [2.24, 2.45) is 7.05 Å². The second-order valence-corrected chi connectivity index (χ2v) is 6.52. The molecule has 0 radical (unpaired) electrons. The first kappa shape index (κ1) is 15.2. The molecule has 3 rings (SSSR count). The average molecular weight is 314 g/mol. The summed E-state index contributed by atoms with van der Waals surface area (Å²) in [6, 6.07) is 10.9. The summed E-state index contributed by atoms with van der Waals surface area (Å²) in [5, 5.41) is 7.91. The van der Waals surface area contributed by atoms with E-state index in [-0.39, 0.29) is 0 Å². The van der Waals surface area contributed by atoms with Crippen LogP contribution in [0.1, 0.15) is 17.4 Å². The highest BCUT2D eigenvalue weighted by molar-refractivity contribution is 7.07. The van der Waals surface area contributed by atoms with Gasteiger partial charge in [-0.25, -0.2) is 4.98 Å². The van der Waals surface area contributed by atoms with E-state index in [1.54, 1.807) is 11.3 Å². The van der Waals surface area contributed by atoms with Crippen LogP contribution < -0.4 is 5.32 Å². The summed E-state index contributed by atoms with van der Waals surface area (Å²) in [4.78, 5) is 6.96. The van der Waals surface area contributed by atoms with Crippen LogP contribution in [0.3, 0.4) is 0 Å². The van der Waals surface area contributed by atoms with Crippen LogP contribution in [0.5, 0.6) is 0 Å². The van der Waals surface area contributed by atoms with Gasteiger partial charge in [-0.2, -0.15) is 11.3 Å². The molecule has 116 valence electrons. The molecule has 2 aromatic heterocycles. The number of rotatable bonds is 6. The zero-order chi connectivity index (χ0) is 15.5. The molecule has 5 heteroatoms. The standard InChI is InChI=1S/C17H22N4S/c1-20(2)16(13-8-9-22-12-13)10-18-11-17-19-14-6-4-5-7-15(14)21(17)3/h4-9,12,16,18H,10-11H2,1-3H3/t16-/m1/s1. The number of para-hydroxylation sites is 2. The first-order valence-corrected chi connectivity index (χ1v) is 8.40. The predicted octanol–water partition coefficient (Wildman–Crippen LogP) is 3.03. The number of fused-ring (bicyclic) bond motifs is 1. The molecule has 0 saturated heterocycles. The molecule has 0 unspecified atom stereocenters. The Bertz CT molecular complexity index is 730. The molecule has 1 aromatic carbocycles. The Balaban J connectivity index is 1.67. The Morgan fingerprint density at radius 1 is 1.27 bits per heavy atom. The maximum absolute atomic E-state index is 4.71. The minimum Gasteiger partial charge on any atom is -0.330 e. The summed E-state index contributed by atoms with van der Waals surface area (Å²) in [7, 11) is 6.33. The van der Waals surface area contributed by atoms with E-state index < -0.39 is 0 Å². The van der Waals surface area contributed by atoms with Gasteiger partial charge in [0, 0.05) is 19.6 Å². The Morgan fingerprint density at radius 2 is 2.09 bits per heavy atom. The number of benzene rings is 1. The Kier molecular flexibility index (Phi) is 4.57. The van der Waals surface area contributed by atoms with Crippen LogP contribution in [-0.4, -0.2) is 35.1 Å². The number of nitrogens with zero attached hydrogens (tertiary/aromatic N) is 3. The van der Waals surface area contributed by atoms with Gasteiger partial charge in [0.05, 0.1) is 17.6 Å². The molecule has 4 nitrogen and oxygen atoms in total. The zero-order valence-corrected chi connectivity index (χ0v) is 14.1. The third-order valence-electron chi connectivity index (χ3n) is 4.05. The van der Waals surface area contributed by atoms with Crippen LogP contribution in [0.2, 0.25) is 0 Å². The van der Waals surface area contributed by atoms with Crippen molar-refractivity contribution in [3.63, 3.8) is 0 Å². The van der Waals surface area contributed by atoms with Crippen molar-refractivity contribution in [3.8, 4) is 0 Å². The molecule has 0 aliphatic heterocycles. The second kappa shape index (κ2) is 6.60. The first-order chi connectivity index (χ1) is 10.7. The third-order valence-corrected chi connectivity index (χ3v) is 4.75. The van der Waals surface area contributed by atoms with Crippen molar-refractivity contribution in [3.05, 3.63) is 52.5 Å². The second-order valence-electron chi connectivity index (χ2n) is 5.74. The molecule has 0 aliphatic rings. The number of aromatic nitrogens is 2. The molecule has 0 spiro atoms. The number of hydrogen-bond donors (Lipinski definition) is 1. The fourth-order valence-electron chi connectivity index (χ4n) is 2.74. The van der Waals surface area contributed by atoms with Gasteiger partial charge in [0.1, 0.15) is 5.82 Å². The molecule has 2 heterocycles. The van der Waals surface area contributed by atoms with E-state index in [0.29, 0.717) is 6.04 Å². The van der Waals surface area contributed by atoms with Crippen LogP contribution in [0, 0.1) is 0 Å². The molecule has 22 heavy (non-hydrogen) atoms. The number of hydrogen-bond acceptors (Lipinski definition) is 4. The quantitative estimate of drug-likeness (QED) is 0.759. The SMILES string of the molecule is CN(C)[C@H](CNCc1nc2ccccc2n1C)c1ccsc1. The van der Waals surface area contributed by atoms with Gasteiger partial charge in [-0.3, -0.25) is 0 Å². The van der Waals surface area contributed by atoms with Crippen LogP contribution in [0.4, 0.5) is 0 Å². The van der Waals surface area contributed by atoms with E-state index in [9.17, 15) is 0 Å². The molecular formula is C17H22N4S. The minimum atomic E-state index is 0.390. The monoisotopic (exact) mass is 314 g/mol. The Labute approximate surface area is 135 Å². The molecule has 1 N–H and O–H groups in total. The fourth-order valence-corrected chi connectivity index (χ4v) is 3.44. The van der Waals surface area contributed by atoms with Gasteiger partial charge < -0.3 is 14.8 Å². The molecule has 3 aromatic rings. The van der Waals surface area contributed by atoms with E-state index in [4.69, 9.17) is 4.98 Å². The molecule has 0 bridgehead atoms. The third kappa shape index (κ3) is 3.06. The summed E-state index contributed by atoms with van der Waals surface area (Å²) in [5.41, 5.74) is 3.61. The highest BCUT2D eigenvalue weighted by atomic mass is 32.1. The van der Waals surface area contributed by atoms with Crippen LogP contribution in [0.25, 0.3) is 11.0 Å². The lowest BCUT2D eigenvalue weighted by molar-refractivity contribution is 0.288. The minimum absolute atomic E-state index is 0.390. The van der Waals surface area contributed by atoms with Crippen molar-refractivity contribution in [2.45, 2.75) is 12.6 Å². The van der Waals surface area contributed by atoms with Gasteiger partial charge in [-0.15, -0.1) is 0 Å².